The third-order valence-electron chi connectivity index (χ3n) is 4.93. The zero-order valence-electron chi connectivity index (χ0n) is 9.98. The van der Waals surface area contributed by atoms with Gasteiger partial charge in [-0.05, 0) is 50.4 Å². The number of fused-ring (bicyclic) bond motifs is 3. The highest BCUT2D eigenvalue weighted by Gasteiger charge is 2.48. The van der Waals surface area contributed by atoms with Crippen LogP contribution in [0.1, 0.15) is 71.1 Å². The van der Waals surface area contributed by atoms with E-state index in [1.54, 1.807) is 0 Å². The summed E-state index contributed by atoms with van der Waals surface area (Å²) in [6, 6.07) is 0. The van der Waals surface area contributed by atoms with Crippen molar-refractivity contribution in [1.29, 1.82) is 0 Å². The van der Waals surface area contributed by atoms with Gasteiger partial charge in [0.25, 0.3) is 0 Å². The summed E-state index contributed by atoms with van der Waals surface area (Å²) in [7, 11) is 0. The average Bonchev–Trinajstić information content (AvgIpc) is 2.32. The molecule has 1 nitrogen and oxygen atoms in total. The van der Waals surface area contributed by atoms with E-state index in [9.17, 15) is 4.79 Å². The fourth-order valence-corrected chi connectivity index (χ4v) is 3.54. The first-order valence-electron chi connectivity index (χ1n) is 6.64. The van der Waals surface area contributed by atoms with Crippen LogP contribution in [0.4, 0.5) is 0 Å². The molecule has 0 unspecified atom stereocenters. The van der Waals surface area contributed by atoms with Gasteiger partial charge in [-0.1, -0.05) is 26.2 Å². The standard InChI is InChI=1S/C14H23O/c1-2-3-4-5-13-6-9-14(12-15,10-7-13)11-8-13/h2-11H2,1H3. The summed E-state index contributed by atoms with van der Waals surface area (Å²) < 4.78 is 0. The van der Waals surface area contributed by atoms with Crippen molar-refractivity contribution in [1.82, 2.24) is 0 Å². The highest BCUT2D eigenvalue weighted by molar-refractivity contribution is 5.61. The summed E-state index contributed by atoms with van der Waals surface area (Å²) in [5, 5.41) is 0. The van der Waals surface area contributed by atoms with Crippen LogP contribution in [0, 0.1) is 10.8 Å². The summed E-state index contributed by atoms with van der Waals surface area (Å²) in [5.74, 6) is 0. The van der Waals surface area contributed by atoms with Crippen molar-refractivity contribution in [3.8, 4) is 0 Å². The minimum absolute atomic E-state index is 0.00743. The monoisotopic (exact) mass is 207 g/mol. The topological polar surface area (TPSA) is 17.1 Å². The van der Waals surface area contributed by atoms with Gasteiger partial charge in [-0.2, -0.15) is 0 Å². The number of unbranched alkanes of at least 4 members (excludes halogenated alkanes) is 2. The van der Waals surface area contributed by atoms with Crippen molar-refractivity contribution < 1.29 is 4.79 Å². The van der Waals surface area contributed by atoms with Crippen molar-refractivity contribution in [2.45, 2.75) is 71.1 Å². The number of hydrogen-bond donors (Lipinski definition) is 0. The highest BCUT2D eigenvalue weighted by Crippen LogP contribution is 2.57. The van der Waals surface area contributed by atoms with Crippen LogP contribution in [0.5, 0.6) is 0 Å². The van der Waals surface area contributed by atoms with Gasteiger partial charge in [-0.15, -0.1) is 0 Å². The van der Waals surface area contributed by atoms with Crippen LogP contribution in [-0.2, 0) is 4.79 Å². The van der Waals surface area contributed by atoms with Crippen LogP contribution in [0.2, 0.25) is 0 Å². The van der Waals surface area contributed by atoms with Gasteiger partial charge < -0.3 is 0 Å². The van der Waals surface area contributed by atoms with Crippen LogP contribution in [-0.4, -0.2) is 6.29 Å². The Labute approximate surface area is 93.6 Å². The number of carbonyl (C=O) groups excluding carboxylic acids is 1. The SMILES string of the molecule is CCCCCC12CCC([C]=O)(CC1)CC2. The lowest BCUT2D eigenvalue weighted by Gasteiger charge is -2.51. The molecule has 0 N–H and O–H groups in total. The molecular weight excluding hydrogens is 184 g/mol. The Bertz CT molecular complexity index is 207. The Morgan fingerprint density at radius 1 is 1.00 bits per heavy atom. The molecule has 1 heteroatoms. The molecule has 3 fully saturated rings. The zero-order chi connectivity index (χ0) is 10.8. The Morgan fingerprint density at radius 2 is 1.60 bits per heavy atom. The molecule has 0 aliphatic heterocycles. The van der Waals surface area contributed by atoms with Gasteiger partial charge in [0, 0.05) is 5.41 Å². The molecule has 2 bridgehead atoms. The Kier molecular flexibility index (Phi) is 3.18. The van der Waals surface area contributed by atoms with E-state index in [4.69, 9.17) is 0 Å². The summed E-state index contributed by atoms with van der Waals surface area (Å²) in [4.78, 5) is 11.0. The van der Waals surface area contributed by atoms with Gasteiger partial charge in [0.15, 0.2) is 0 Å². The van der Waals surface area contributed by atoms with Gasteiger partial charge in [-0.25, -0.2) is 0 Å². The van der Waals surface area contributed by atoms with Crippen LogP contribution in [0.25, 0.3) is 0 Å². The number of rotatable bonds is 5. The average molecular weight is 207 g/mol. The van der Waals surface area contributed by atoms with E-state index in [2.05, 4.69) is 13.2 Å². The quantitative estimate of drug-likeness (QED) is 0.622. The molecule has 3 saturated carbocycles. The summed E-state index contributed by atoms with van der Waals surface area (Å²) >= 11 is 0. The molecule has 85 valence electrons. The van der Waals surface area contributed by atoms with Crippen molar-refractivity contribution >= 4 is 6.29 Å². The van der Waals surface area contributed by atoms with E-state index in [1.165, 1.54) is 44.9 Å². The lowest BCUT2D eigenvalue weighted by atomic mass is 9.53. The maximum atomic E-state index is 11.0. The molecule has 0 spiro atoms. The minimum Gasteiger partial charge on any atom is -0.290 e. The van der Waals surface area contributed by atoms with Gasteiger partial charge in [0.1, 0.15) is 0 Å². The van der Waals surface area contributed by atoms with Crippen molar-refractivity contribution in [2.75, 3.05) is 0 Å². The third-order valence-corrected chi connectivity index (χ3v) is 4.93. The van der Waals surface area contributed by atoms with Gasteiger partial charge >= 0.3 is 0 Å². The Balaban J connectivity index is 1.89. The second kappa shape index (κ2) is 4.27. The fraction of sp³-hybridized carbons (Fsp3) is 0.929. The van der Waals surface area contributed by atoms with E-state index in [0.717, 1.165) is 19.3 Å². The van der Waals surface area contributed by atoms with Gasteiger partial charge in [-0.3, -0.25) is 4.79 Å². The van der Waals surface area contributed by atoms with E-state index in [-0.39, 0.29) is 5.41 Å². The summed E-state index contributed by atoms with van der Waals surface area (Å²) in [5.41, 5.74) is 0.625. The third kappa shape index (κ3) is 2.11. The normalized spacial score (nSPS) is 39.3. The molecule has 0 aromatic heterocycles. The molecule has 0 aromatic carbocycles. The van der Waals surface area contributed by atoms with Crippen LogP contribution >= 0.6 is 0 Å². The molecule has 0 saturated heterocycles. The molecular formula is C14H23O. The van der Waals surface area contributed by atoms with E-state index in [1.807, 2.05) is 0 Å². The molecule has 3 aliphatic carbocycles. The summed E-state index contributed by atoms with van der Waals surface area (Å²) in [6.07, 6.45) is 15.1. The first kappa shape index (κ1) is 11.2. The van der Waals surface area contributed by atoms with E-state index >= 15 is 0 Å². The largest absolute Gasteiger partial charge is 0.290 e. The van der Waals surface area contributed by atoms with Gasteiger partial charge in [0.2, 0.25) is 6.29 Å². The minimum atomic E-state index is -0.00743. The highest BCUT2D eigenvalue weighted by atomic mass is 16.1. The van der Waals surface area contributed by atoms with Crippen molar-refractivity contribution in [3.63, 3.8) is 0 Å². The first-order valence-corrected chi connectivity index (χ1v) is 6.64. The van der Waals surface area contributed by atoms with Crippen molar-refractivity contribution in [2.24, 2.45) is 10.8 Å². The molecule has 0 amide bonds. The lowest BCUT2D eigenvalue weighted by molar-refractivity contribution is 0.0230. The molecule has 0 aromatic rings. The molecule has 3 aliphatic rings. The zero-order valence-corrected chi connectivity index (χ0v) is 9.98. The molecule has 0 heterocycles. The Morgan fingerprint density at radius 3 is 2.07 bits per heavy atom. The first-order chi connectivity index (χ1) is 7.24. The molecule has 15 heavy (non-hydrogen) atoms. The smallest absolute Gasteiger partial charge is 0.205 e. The number of hydrogen-bond acceptors (Lipinski definition) is 1. The predicted octanol–water partition coefficient (Wildman–Crippen LogP) is 4.02. The summed E-state index contributed by atoms with van der Waals surface area (Å²) in [6.45, 7) is 2.27. The predicted molar refractivity (Wildman–Crippen MR) is 62.4 cm³/mol. The molecule has 3 rings (SSSR count). The van der Waals surface area contributed by atoms with E-state index < -0.39 is 0 Å². The second-order valence-electron chi connectivity index (χ2n) is 5.84. The molecule has 0 atom stereocenters. The molecule has 1 radical (unpaired) electrons. The van der Waals surface area contributed by atoms with Gasteiger partial charge in [0.05, 0.1) is 0 Å². The van der Waals surface area contributed by atoms with Crippen LogP contribution < -0.4 is 0 Å². The Hall–Kier alpha value is -0.330. The maximum absolute atomic E-state index is 11.0. The van der Waals surface area contributed by atoms with Crippen LogP contribution in [0.15, 0.2) is 0 Å². The van der Waals surface area contributed by atoms with Crippen molar-refractivity contribution in [3.05, 3.63) is 0 Å². The fourth-order valence-electron chi connectivity index (χ4n) is 3.54. The second-order valence-corrected chi connectivity index (χ2v) is 5.84. The lowest BCUT2D eigenvalue weighted by Crippen LogP contribution is -2.42. The van der Waals surface area contributed by atoms with E-state index in [0.29, 0.717) is 5.41 Å². The van der Waals surface area contributed by atoms with Crippen LogP contribution in [0.3, 0.4) is 0 Å². The maximum Gasteiger partial charge on any atom is 0.205 e.